The summed E-state index contributed by atoms with van der Waals surface area (Å²) in [6, 6.07) is 28.8. The number of pyridine rings is 3. The molecule has 40 heavy (non-hydrogen) atoms. The Morgan fingerprint density at radius 3 is 2.52 bits per heavy atom. The number of benzene rings is 2. The van der Waals surface area contributed by atoms with Gasteiger partial charge in [-0.3, -0.25) is 9.13 Å². The molecule has 0 unspecified atom stereocenters. The average Bonchev–Trinajstić information content (AvgIpc) is 3.47. The predicted octanol–water partition coefficient (Wildman–Crippen LogP) is 7.21. The molecule has 2 aromatic carbocycles. The zero-order chi connectivity index (χ0) is 27.4. The van der Waals surface area contributed by atoms with E-state index in [4.69, 9.17) is 14.7 Å². The van der Waals surface area contributed by atoms with Crippen molar-refractivity contribution in [2.75, 3.05) is 0 Å². The molecule has 0 N–H and O–H groups in total. The summed E-state index contributed by atoms with van der Waals surface area (Å²) < 4.78 is 12.7. The molecule has 0 fully saturated rings. The van der Waals surface area contributed by atoms with E-state index in [1.54, 1.807) is 0 Å². The first kappa shape index (κ1) is 24.1. The van der Waals surface area contributed by atoms with Gasteiger partial charge >= 0.3 is 0 Å². The van der Waals surface area contributed by atoms with Crippen LogP contribution >= 0.6 is 0 Å². The highest BCUT2D eigenvalue weighted by Gasteiger charge is 2.18. The van der Waals surface area contributed by atoms with Crippen LogP contribution in [0.25, 0.3) is 44.5 Å². The second-order valence-corrected chi connectivity index (χ2v) is 11.1. The number of fused-ring (bicyclic) bond motifs is 4. The Kier molecular flexibility index (Phi) is 5.46. The summed E-state index contributed by atoms with van der Waals surface area (Å²) in [6.07, 6.45) is 9.24. The van der Waals surface area contributed by atoms with E-state index in [1.807, 2.05) is 66.4 Å². The number of para-hydroxylation sites is 1. The van der Waals surface area contributed by atoms with E-state index in [-0.39, 0.29) is 5.41 Å². The molecule has 0 aliphatic heterocycles. The van der Waals surface area contributed by atoms with Crippen molar-refractivity contribution < 1.29 is 9.14 Å². The van der Waals surface area contributed by atoms with Crippen LogP contribution in [0.4, 0.5) is 0 Å². The lowest BCUT2D eigenvalue weighted by Gasteiger charge is -2.20. The SMILES string of the molecule is Cn1c(-c2cccc(Oc3cc4c(cn3)c3ccccc3n4-c3cc(C(C)(C)C)ccn3)c2)[c-][n+]2ccccc12. The summed E-state index contributed by atoms with van der Waals surface area (Å²) in [5.41, 5.74) is 6.38. The summed E-state index contributed by atoms with van der Waals surface area (Å²) in [4.78, 5) is 9.47. The van der Waals surface area contributed by atoms with Gasteiger partial charge in [-0.15, -0.1) is 0 Å². The maximum absolute atomic E-state index is 6.35. The maximum Gasteiger partial charge on any atom is 0.221 e. The lowest BCUT2D eigenvalue weighted by atomic mass is 9.88. The van der Waals surface area contributed by atoms with Gasteiger partial charge in [0, 0.05) is 35.4 Å². The Hall–Kier alpha value is -4.97. The van der Waals surface area contributed by atoms with Crippen LogP contribution in [0.2, 0.25) is 0 Å². The molecule has 0 saturated carbocycles. The second kappa shape index (κ2) is 9.06. The molecule has 6 nitrogen and oxygen atoms in total. The highest BCUT2D eigenvalue weighted by Crippen LogP contribution is 2.35. The Bertz CT molecular complexity index is 2040. The minimum Gasteiger partial charge on any atom is -0.440 e. The van der Waals surface area contributed by atoms with Gasteiger partial charge in [0.1, 0.15) is 11.6 Å². The molecule has 0 radical (unpaired) electrons. The molecule has 0 aliphatic rings. The third kappa shape index (κ3) is 4.00. The van der Waals surface area contributed by atoms with Crippen molar-refractivity contribution in [3.8, 4) is 28.7 Å². The number of nitrogens with zero attached hydrogens (tertiary/aromatic N) is 5. The first-order valence-corrected chi connectivity index (χ1v) is 13.4. The van der Waals surface area contributed by atoms with E-state index >= 15 is 0 Å². The molecular formula is C34H29N5O. The van der Waals surface area contributed by atoms with E-state index in [0.717, 1.165) is 44.5 Å². The molecule has 0 bridgehead atoms. The molecule has 196 valence electrons. The number of imidazole rings is 1. The normalized spacial score (nSPS) is 12.0. The average molecular weight is 524 g/mol. The van der Waals surface area contributed by atoms with E-state index < -0.39 is 0 Å². The molecule has 0 amide bonds. The van der Waals surface area contributed by atoms with Crippen molar-refractivity contribution in [1.29, 1.82) is 0 Å². The summed E-state index contributed by atoms with van der Waals surface area (Å²) in [7, 11) is 2.05. The van der Waals surface area contributed by atoms with Gasteiger partial charge in [-0.1, -0.05) is 63.2 Å². The van der Waals surface area contributed by atoms with Crippen molar-refractivity contribution in [1.82, 2.24) is 19.1 Å². The third-order valence-corrected chi connectivity index (χ3v) is 7.45. The monoisotopic (exact) mass is 523 g/mol. The van der Waals surface area contributed by atoms with Gasteiger partial charge in [-0.05, 0) is 52.9 Å². The van der Waals surface area contributed by atoms with E-state index in [9.17, 15) is 0 Å². The Balaban J connectivity index is 1.32. The number of hydrogen-bond acceptors (Lipinski definition) is 3. The fourth-order valence-corrected chi connectivity index (χ4v) is 5.35. The molecule has 0 saturated heterocycles. The van der Waals surface area contributed by atoms with Crippen LogP contribution in [0.5, 0.6) is 11.6 Å². The minimum atomic E-state index is 0.0113. The summed E-state index contributed by atoms with van der Waals surface area (Å²) in [6.45, 7) is 6.66. The van der Waals surface area contributed by atoms with Gasteiger partial charge in [-0.25, -0.2) is 9.97 Å². The Morgan fingerprint density at radius 1 is 0.825 bits per heavy atom. The quantitative estimate of drug-likeness (QED) is 0.181. The zero-order valence-corrected chi connectivity index (χ0v) is 23.0. The molecule has 5 aromatic heterocycles. The van der Waals surface area contributed by atoms with Gasteiger partial charge in [0.15, 0.2) is 0 Å². The van der Waals surface area contributed by atoms with Crippen LogP contribution in [-0.4, -0.2) is 19.1 Å². The lowest BCUT2D eigenvalue weighted by Crippen LogP contribution is -2.17. The molecule has 0 aliphatic carbocycles. The fraction of sp³-hybridized carbons (Fsp3) is 0.147. The van der Waals surface area contributed by atoms with Crippen LogP contribution in [0.3, 0.4) is 0 Å². The van der Waals surface area contributed by atoms with Crippen LogP contribution in [-0.2, 0) is 12.5 Å². The van der Waals surface area contributed by atoms with Crippen LogP contribution in [0.15, 0.2) is 104 Å². The molecule has 0 atom stereocenters. The van der Waals surface area contributed by atoms with E-state index in [1.165, 1.54) is 5.56 Å². The number of ether oxygens (including phenoxy) is 1. The van der Waals surface area contributed by atoms with Crippen molar-refractivity contribution in [2.24, 2.45) is 7.05 Å². The van der Waals surface area contributed by atoms with Gasteiger partial charge in [0.2, 0.25) is 11.5 Å². The highest BCUT2D eigenvalue weighted by molar-refractivity contribution is 6.09. The standard InChI is InChI=1S/C34H29N5O/c1-34(2,3)24-15-16-35-31(19-24)39-28-13-6-5-12-26(28)27-21-36-32(20-29(27)39)40-25-11-9-10-23(18-25)30-22-38-17-8-7-14-33(38)37(30)4/h5-21H,1-4H3. The first-order valence-electron chi connectivity index (χ1n) is 13.4. The van der Waals surface area contributed by atoms with Crippen LogP contribution < -0.4 is 9.14 Å². The molecular weight excluding hydrogens is 494 g/mol. The largest absolute Gasteiger partial charge is 0.440 e. The third-order valence-electron chi connectivity index (χ3n) is 7.45. The molecule has 6 heteroatoms. The van der Waals surface area contributed by atoms with Crippen LogP contribution in [0, 0.1) is 6.20 Å². The van der Waals surface area contributed by atoms with Gasteiger partial charge in [-0.2, -0.15) is 0 Å². The number of hydrogen-bond donors (Lipinski definition) is 0. The number of aryl methyl sites for hydroxylation is 1. The zero-order valence-electron chi connectivity index (χ0n) is 23.0. The molecule has 5 heterocycles. The fourth-order valence-electron chi connectivity index (χ4n) is 5.35. The van der Waals surface area contributed by atoms with Crippen molar-refractivity contribution in [3.63, 3.8) is 0 Å². The van der Waals surface area contributed by atoms with Gasteiger partial charge in [0.05, 0.1) is 30.0 Å². The smallest absolute Gasteiger partial charge is 0.221 e. The predicted molar refractivity (Wildman–Crippen MR) is 158 cm³/mol. The summed E-state index contributed by atoms with van der Waals surface area (Å²) in [5, 5.41) is 2.19. The van der Waals surface area contributed by atoms with E-state index in [2.05, 4.69) is 84.6 Å². The second-order valence-electron chi connectivity index (χ2n) is 11.1. The van der Waals surface area contributed by atoms with Gasteiger partial charge in [0.25, 0.3) is 0 Å². The first-order chi connectivity index (χ1) is 19.4. The van der Waals surface area contributed by atoms with Crippen LogP contribution in [0.1, 0.15) is 26.3 Å². The maximum atomic E-state index is 6.35. The van der Waals surface area contributed by atoms with Gasteiger partial charge < -0.3 is 9.14 Å². The molecule has 0 spiro atoms. The lowest BCUT2D eigenvalue weighted by molar-refractivity contribution is -0.514. The Labute approximate surface area is 232 Å². The minimum absolute atomic E-state index is 0.0113. The summed E-state index contributed by atoms with van der Waals surface area (Å²) in [5.74, 6) is 2.11. The molecule has 7 aromatic rings. The Morgan fingerprint density at radius 2 is 1.68 bits per heavy atom. The number of rotatable bonds is 4. The summed E-state index contributed by atoms with van der Waals surface area (Å²) >= 11 is 0. The van der Waals surface area contributed by atoms with Crippen molar-refractivity contribution in [2.45, 2.75) is 26.2 Å². The highest BCUT2D eigenvalue weighted by atomic mass is 16.5. The van der Waals surface area contributed by atoms with Crippen molar-refractivity contribution >= 4 is 27.5 Å². The topological polar surface area (TPSA) is 49.0 Å². The number of aromatic nitrogens is 5. The van der Waals surface area contributed by atoms with Crippen molar-refractivity contribution in [3.05, 3.63) is 115 Å². The molecule has 7 rings (SSSR count). The van der Waals surface area contributed by atoms with E-state index in [0.29, 0.717) is 11.6 Å².